The summed E-state index contributed by atoms with van der Waals surface area (Å²) in [4.78, 5) is 0. The molecule has 0 aliphatic carbocycles. The van der Waals surface area contributed by atoms with Crippen LogP contribution in [-0.4, -0.2) is 39.0 Å². The van der Waals surface area contributed by atoms with Crippen LogP contribution in [0.2, 0.25) is 0 Å². The van der Waals surface area contributed by atoms with Crippen molar-refractivity contribution in [3.05, 3.63) is 0 Å². The van der Waals surface area contributed by atoms with E-state index in [1.165, 1.54) is 0 Å². The molecule has 5 nitrogen and oxygen atoms in total. The van der Waals surface area contributed by atoms with Crippen LogP contribution < -0.4 is 10.5 Å². The average molecular weight is 168 g/mol. The summed E-state index contributed by atoms with van der Waals surface area (Å²) >= 11 is 0. The molecule has 0 spiro atoms. The van der Waals surface area contributed by atoms with E-state index in [1.54, 1.807) is 0 Å². The van der Waals surface area contributed by atoms with E-state index in [0.717, 1.165) is 6.26 Å². The Morgan fingerprint density at radius 2 is 2.20 bits per heavy atom. The van der Waals surface area contributed by atoms with Crippen LogP contribution in [0.1, 0.15) is 0 Å². The summed E-state index contributed by atoms with van der Waals surface area (Å²) in [6.07, 6.45) is 1.04. The molecule has 0 saturated carbocycles. The van der Waals surface area contributed by atoms with Gasteiger partial charge in [0.05, 0.1) is 12.9 Å². The lowest BCUT2D eigenvalue weighted by Crippen LogP contribution is -2.38. The fourth-order valence-electron chi connectivity index (χ4n) is 0.323. The van der Waals surface area contributed by atoms with Crippen LogP contribution in [0.4, 0.5) is 0 Å². The highest BCUT2D eigenvalue weighted by Gasteiger charge is 2.03. The van der Waals surface area contributed by atoms with Crippen molar-refractivity contribution in [1.29, 1.82) is 0 Å². The van der Waals surface area contributed by atoms with Crippen molar-refractivity contribution in [2.75, 3.05) is 19.4 Å². The lowest BCUT2D eigenvalue weighted by atomic mass is 10.3. The van der Waals surface area contributed by atoms with Gasteiger partial charge in [-0.15, -0.1) is 0 Å². The van der Waals surface area contributed by atoms with Crippen LogP contribution in [0.3, 0.4) is 0 Å². The second-order valence-corrected chi connectivity index (χ2v) is 3.90. The molecule has 0 aromatic carbocycles. The maximum absolute atomic E-state index is 10.4. The first-order chi connectivity index (χ1) is 4.45. The number of aliphatic hydroxyl groups excluding tert-OH is 1. The Morgan fingerprint density at radius 1 is 1.70 bits per heavy atom. The highest BCUT2D eigenvalue weighted by Crippen LogP contribution is 1.76. The van der Waals surface area contributed by atoms with Crippen LogP contribution in [-0.2, 0) is 10.0 Å². The third-order valence-corrected chi connectivity index (χ3v) is 1.53. The third kappa shape index (κ3) is 5.96. The molecule has 0 amide bonds. The molecule has 0 bridgehead atoms. The van der Waals surface area contributed by atoms with Crippen molar-refractivity contribution in [1.82, 2.24) is 4.72 Å². The zero-order valence-corrected chi connectivity index (χ0v) is 6.56. The molecule has 0 aromatic heterocycles. The van der Waals surface area contributed by atoms with Gasteiger partial charge in [0.1, 0.15) is 0 Å². The van der Waals surface area contributed by atoms with Crippen LogP contribution in [0, 0.1) is 0 Å². The number of sulfonamides is 1. The Kier molecular flexibility index (Phi) is 3.80. The monoisotopic (exact) mass is 168 g/mol. The van der Waals surface area contributed by atoms with Gasteiger partial charge in [0.25, 0.3) is 0 Å². The molecular weight excluding hydrogens is 156 g/mol. The first-order valence-corrected chi connectivity index (χ1v) is 4.66. The number of nitrogens with one attached hydrogen (secondary N) is 1. The van der Waals surface area contributed by atoms with E-state index in [0.29, 0.717) is 0 Å². The summed E-state index contributed by atoms with van der Waals surface area (Å²) in [6, 6.07) is -0.519. The summed E-state index contributed by atoms with van der Waals surface area (Å²) in [5.74, 6) is 0. The van der Waals surface area contributed by atoms with E-state index in [2.05, 4.69) is 4.72 Å². The SMILES string of the molecule is CS(=O)(=O)NC[C@@H](N)CO. The number of hydrogen-bond donors (Lipinski definition) is 3. The quantitative estimate of drug-likeness (QED) is 0.446. The van der Waals surface area contributed by atoms with Gasteiger partial charge in [-0.3, -0.25) is 0 Å². The molecule has 6 heteroatoms. The molecule has 4 N–H and O–H groups in total. The van der Waals surface area contributed by atoms with E-state index in [-0.39, 0.29) is 13.2 Å². The molecule has 1 atom stereocenters. The molecular formula is C4H12N2O3S. The maximum atomic E-state index is 10.4. The van der Waals surface area contributed by atoms with Gasteiger partial charge < -0.3 is 10.8 Å². The second-order valence-electron chi connectivity index (χ2n) is 2.06. The standard InChI is InChI=1S/C4H12N2O3S/c1-10(8,9)6-2-4(5)3-7/h4,6-7H,2-3,5H2,1H3/t4-/m1/s1. The van der Waals surface area contributed by atoms with Gasteiger partial charge in [-0.05, 0) is 0 Å². The largest absolute Gasteiger partial charge is 0.395 e. The minimum Gasteiger partial charge on any atom is -0.395 e. The molecule has 62 valence electrons. The summed E-state index contributed by atoms with van der Waals surface area (Å²) in [6.45, 7) is -0.141. The van der Waals surface area contributed by atoms with Crippen molar-refractivity contribution in [3.63, 3.8) is 0 Å². The minimum atomic E-state index is -3.17. The molecule has 0 unspecified atom stereocenters. The van der Waals surface area contributed by atoms with Crippen molar-refractivity contribution in [2.24, 2.45) is 5.73 Å². The molecule has 0 aliphatic heterocycles. The summed E-state index contributed by atoms with van der Waals surface area (Å²) in [5.41, 5.74) is 5.20. The number of hydrogen-bond acceptors (Lipinski definition) is 4. The number of rotatable bonds is 4. The summed E-state index contributed by atoms with van der Waals surface area (Å²) in [7, 11) is -3.17. The Morgan fingerprint density at radius 3 is 2.50 bits per heavy atom. The lowest BCUT2D eigenvalue weighted by molar-refractivity contribution is 0.266. The lowest BCUT2D eigenvalue weighted by Gasteiger charge is -2.06. The molecule has 0 rings (SSSR count). The zero-order valence-electron chi connectivity index (χ0n) is 5.74. The molecule has 0 radical (unpaired) electrons. The maximum Gasteiger partial charge on any atom is 0.208 e. The molecule has 0 fully saturated rings. The van der Waals surface area contributed by atoms with Crippen LogP contribution in [0.5, 0.6) is 0 Å². The molecule has 0 saturated heterocycles. The average Bonchev–Trinajstić information content (AvgIpc) is 1.81. The van der Waals surface area contributed by atoms with E-state index < -0.39 is 16.1 Å². The van der Waals surface area contributed by atoms with Crippen molar-refractivity contribution < 1.29 is 13.5 Å². The Balaban J connectivity index is 3.56. The summed E-state index contributed by atoms with van der Waals surface area (Å²) in [5, 5.41) is 8.37. The number of aliphatic hydroxyl groups is 1. The van der Waals surface area contributed by atoms with Gasteiger partial charge in [-0.2, -0.15) is 0 Å². The first kappa shape index (κ1) is 9.83. The molecule has 0 aromatic rings. The van der Waals surface area contributed by atoms with Crippen molar-refractivity contribution >= 4 is 10.0 Å². The van der Waals surface area contributed by atoms with Gasteiger partial charge >= 0.3 is 0 Å². The van der Waals surface area contributed by atoms with Crippen LogP contribution >= 0.6 is 0 Å². The van der Waals surface area contributed by atoms with Crippen LogP contribution in [0.15, 0.2) is 0 Å². The molecule has 10 heavy (non-hydrogen) atoms. The zero-order chi connectivity index (χ0) is 8.20. The fraction of sp³-hybridized carbons (Fsp3) is 1.00. The van der Waals surface area contributed by atoms with Gasteiger partial charge in [-0.25, -0.2) is 13.1 Å². The van der Waals surface area contributed by atoms with E-state index in [4.69, 9.17) is 10.8 Å². The molecule has 0 aliphatic rings. The topological polar surface area (TPSA) is 92.4 Å². The van der Waals surface area contributed by atoms with E-state index in [1.807, 2.05) is 0 Å². The van der Waals surface area contributed by atoms with Crippen molar-refractivity contribution in [2.45, 2.75) is 6.04 Å². The Bertz CT molecular complexity index is 177. The van der Waals surface area contributed by atoms with E-state index in [9.17, 15) is 8.42 Å². The minimum absolute atomic E-state index is 0.0787. The number of nitrogens with two attached hydrogens (primary N) is 1. The molecule has 0 heterocycles. The van der Waals surface area contributed by atoms with Gasteiger partial charge in [0.15, 0.2) is 0 Å². The fourth-order valence-corrected chi connectivity index (χ4v) is 0.840. The smallest absolute Gasteiger partial charge is 0.208 e. The van der Waals surface area contributed by atoms with Gasteiger partial charge in [0, 0.05) is 12.6 Å². The third-order valence-electron chi connectivity index (χ3n) is 0.842. The van der Waals surface area contributed by atoms with Gasteiger partial charge in [-0.1, -0.05) is 0 Å². The van der Waals surface area contributed by atoms with E-state index >= 15 is 0 Å². The van der Waals surface area contributed by atoms with Crippen LogP contribution in [0.25, 0.3) is 0 Å². The first-order valence-electron chi connectivity index (χ1n) is 2.77. The second kappa shape index (κ2) is 3.87. The highest BCUT2D eigenvalue weighted by molar-refractivity contribution is 7.88. The Labute approximate surface area is 60.3 Å². The summed E-state index contributed by atoms with van der Waals surface area (Å²) < 4.78 is 23.0. The van der Waals surface area contributed by atoms with Crippen molar-refractivity contribution in [3.8, 4) is 0 Å². The highest BCUT2D eigenvalue weighted by atomic mass is 32.2. The Hall–Kier alpha value is -0.170. The normalized spacial score (nSPS) is 15.1. The predicted molar refractivity (Wildman–Crippen MR) is 37.9 cm³/mol. The predicted octanol–water partition coefficient (Wildman–Crippen LogP) is -2.14. The van der Waals surface area contributed by atoms with Gasteiger partial charge in [0.2, 0.25) is 10.0 Å².